The quantitative estimate of drug-likeness (QED) is 0.221. The second-order valence-corrected chi connectivity index (χ2v) is 9.20. The number of amidine groups is 1. The average molecular weight is 501 g/mol. The Kier molecular flexibility index (Phi) is 8.35. The minimum absolute atomic E-state index is 0.446. The number of nitrogens with zero attached hydrogens (tertiary/aromatic N) is 5. The van der Waals surface area contributed by atoms with E-state index in [1.807, 2.05) is 38.5 Å². The van der Waals surface area contributed by atoms with E-state index in [1.54, 1.807) is 7.05 Å². The van der Waals surface area contributed by atoms with E-state index in [0.29, 0.717) is 12.3 Å². The number of amides is 1. The number of likely N-dealkylation sites (tertiary alicyclic amines) is 1. The minimum Gasteiger partial charge on any atom is -0.372 e. The first kappa shape index (κ1) is 26.1. The highest BCUT2D eigenvalue weighted by atomic mass is 16.1. The lowest BCUT2D eigenvalue weighted by Gasteiger charge is -2.28. The second kappa shape index (κ2) is 11.8. The van der Waals surface area contributed by atoms with Crippen LogP contribution >= 0.6 is 0 Å². The largest absolute Gasteiger partial charge is 0.372 e. The van der Waals surface area contributed by atoms with Crippen LogP contribution in [0.4, 0.5) is 0 Å². The molecule has 1 aliphatic heterocycles. The van der Waals surface area contributed by atoms with Gasteiger partial charge in [0.25, 0.3) is 0 Å². The number of aromatic nitrogens is 4. The van der Waals surface area contributed by atoms with Crippen molar-refractivity contribution < 1.29 is 4.79 Å². The van der Waals surface area contributed by atoms with Crippen LogP contribution < -0.4 is 10.6 Å². The van der Waals surface area contributed by atoms with Gasteiger partial charge in [-0.2, -0.15) is 0 Å². The molecule has 0 spiro atoms. The van der Waals surface area contributed by atoms with Crippen LogP contribution in [0.3, 0.4) is 0 Å². The van der Waals surface area contributed by atoms with Crippen LogP contribution in [0.2, 0.25) is 0 Å². The topological polar surface area (TPSA) is 103 Å². The number of H-pyrrole nitrogens is 1. The van der Waals surface area contributed by atoms with E-state index < -0.39 is 0 Å². The fourth-order valence-electron chi connectivity index (χ4n) is 4.96. The predicted octanol–water partition coefficient (Wildman–Crippen LogP) is 3.40. The predicted molar refractivity (Wildman–Crippen MR) is 150 cm³/mol. The van der Waals surface area contributed by atoms with Gasteiger partial charge in [-0.25, -0.2) is 4.98 Å². The molecule has 1 fully saturated rings. The van der Waals surface area contributed by atoms with E-state index >= 15 is 0 Å². The van der Waals surface area contributed by atoms with Gasteiger partial charge in [0.05, 0.1) is 16.9 Å². The third kappa shape index (κ3) is 5.41. The lowest BCUT2D eigenvalue weighted by atomic mass is 9.96. The summed E-state index contributed by atoms with van der Waals surface area (Å²) in [5.74, 6) is 2.41. The number of benzene rings is 1. The maximum atomic E-state index is 9.06. The molecule has 9 nitrogen and oxygen atoms in total. The molecule has 0 radical (unpaired) electrons. The first-order valence-corrected chi connectivity index (χ1v) is 12.6. The molecule has 194 valence electrons. The Labute approximate surface area is 218 Å². The summed E-state index contributed by atoms with van der Waals surface area (Å²) in [6.45, 7) is 2.20. The van der Waals surface area contributed by atoms with Crippen LogP contribution in [0.5, 0.6) is 0 Å². The van der Waals surface area contributed by atoms with Crippen LogP contribution in [0.25, 0.3) is 33.5 Å². The van der Waals surface area contributed by atoms with Crippen molar-refractivity contribution in [2.24, 2.45) is 12.0 Å². The van der Waals surface area contributed by atoms with E-state index in [1.165, 1.54) is 0 Å². The summed E-state index contributed by atoms with van der Waals surface area (Å²) in [7, 11) is 9.61. The number of para-hydroxylation sites is 1. The lowest BCUT2D eigenvalue weighted by Crippen LogP contribution is -2.30. The van der Waals surface area contributed by atoms with Crippen molar-refractivity contribution in [1.82, 2.24) is 35.1 Å². The van der Waals surface area contributed by atoms with Crippen LogP contribution in [0.1, 0.15) is 30.3 Å². The normalized spacial score (nSPS) is 14.8. The molecule has 4 heterocycles. The SMILES string of the molecule is CN=C(NC)c1c(-c2cc3cccc(-c4ccccn4)c3[nH]2)nc(C2CCN(C)CC2)n1C.CNC=O. The van der Waals surface area contributed by atoms with Crippen molar-refractivity contribution >= 4 is 23.1 Å². The van der Waals surface area contributed by atoms with Crippen LogP contribution in [0.15, 0.2) is 53.7 Å². The molecule has 1 aromatic carbocycles. The van der Waals surface area contributed by atoms with Gasteiger partial charge in [-0.05, 0) is 51.2 Å². The zero-order valence-corrected chi connectivity index (χ0v) is 22.2. The Balaban J connectivity index is 0.000000747. The third-order valence-corrected chi connectivity index (χ3v) is 6.87. The summed E-state index contributed by atoms with van der Waals surface area (Å²) in [6.07, 6.45) is 4.70. The molecule has 1 saturated heterocycles. The number of aliphatic imine (C=N–C) groups is 1. The maximum absolute atomic E-state index is 9.06. The van der Waals surface area contributed by atoms with Crippen LogP contribution in [-0.2, 0) is 11.8 Å². The van der Waals surface area contributed by atoms with Crippen molar-refractivity contribution in [3.8, 4) is 22.6 Å². The number of hydrogen-bond donors (Lipinski definition) is 3. The lowest BCUT2D eigenvalue weighted by molar-refractivity contribution is -0.109. The molecule has 5 rings (SSSR count). The Morgan fingerprint density at radius 2 is 1.89 bits per heavy atom. The van der Waals surface area contributed by atoms with Crippen LogP contribution in [-0.4, -0.2) is 77.9 Å². The summed E-state index contributed by atoms with van der Waals surface area (Å²) in [5.41, 5.74) is 6.06. The summed E-state index contributed by atoms with van der Waals surface area (Å²) >= 11 is 0. The molecule has 3 N–H and O–H groups in total. The first-order valence-electron chi connectivity index (χ1n) is 12.6. The van der Waals surface area contributed by atoms with E-state index in [2.05, 4.69) is 73.4 Å². The second-order valence-electron chi connectivity index (χ2n) is 9.20. The highest BCUT2D eigenvalue weighted by Crippen LogP contribution is 2.35. The zero-order valence-electron chi connectivity index (χ0n) is 22.2. The Hall–Kier alpha value is -3.98. The van der Waals surface area contributed by atoms with E-state index in [4.69, 9.17) is 9.78 Å². The number of rotatable bonds is 5. The molecule has 0 atom stereocenters. The number of hydrogen-bond acceptors (Lipinski definition) is 5. The number of aromatic amines is 1. The molecule has 1 aliphatic rings. The number of carbonyl (C=O) groups is 1. The number of fused-ring (bicyclic) bond motifs is 1. The monoisotopic (exact) mass is 500 g/mol. The number of nitrogens with one attached hydrogen (secondary N) is 3. The minimum atomic E-state index is 0.446. The fourth-order valence-corrected chi connectivity index (χ4v) is 4.96. The van der Waals surface area contributed by atoms with Crippen molar-refractivity contribution in [3.05, 3.63) is 60.2 Å². The molecule has 3 aromatic heterocycles. The summed E-state index contributed by atoms with van der Waals surface area (Å²) in [4.78, 5) is 29.4. The Morgan fingerprint density at radius 3 is 2.51 bits per heavy atom. The number of imidazole rings is 1. The first-order chi connectivity index (χ1) is 18.0. The standard InChI is InChI=1S/C26H31N7.C2H5NO/c1-27-25(28-2)24-23(31-26(33(24)4)17-11-14-32(3)15-12-17)21-16-18-8-7-9-19(22(18)30-21)20-10-5-6-13-29-20;1-3-2-4/h5-10,13,16-17,30H,11-12,14-15H2,1-4H3,(H,27,28);2H,1H3,(H,3,4). The molecule has 37 heavy (non-hydrogen) atoms. The van der Waals surface area contributed by atoms with E-state index in [9.17, 15) is 0 Å². The molecule has 0 bridgehead atoms. The Bertz CT molecular complexity index is 1360. The molecule has 0 unspecified atom stereocenters. The molecule has 9 heteroatoms. The zero-order chi connectivity index (χ0) is 26.4. The van der Waals surface area contributed by atoms with Gasteiger partial charge in [0, 0.05) is 51.3 Å². The van der Waals surface area contributed by atoms with Gasteiger partial charge in [-0.3, -0.25) is 14.8 Å². The van der Waals surface area contributed by atoms with Crippen molar-refractivity contribution in [1.29, 1.82) is 0 Å². The maximum Gasteiger partial charge on any atom is 0.206 e. The Morgan fingerprint density at radius 1 is 1.14 bits per heavy atom. The van der Waals surface area contributed by atoms with Gasteiger partial charge in [-0.15, -0.1) is 0 Å². The molecular weight excluding hydrogens is 464 g/mol. The molecule has 4 aromatic rings. The van der Waals surface area contributed by atoms with Crippen molar-refractivity contribution in [2.75, 3.05) is 41.3 Å². The average Bonchev–Trinajstić information content (AvgIpc) is 3.52. The molecule has 0 aliphatic carbocycles. The fraction of sp³-hybridized carbons (Fsp3) is 0.357. The number of piperidine rings is 1. The van der Waals surface area contributed by atoms with Gasteiger partial charge in [0.1, 0.15) is 23.0 Å². The van der Waals surface area contributed by atoms with Gasteiger partial charge in [0.15, 0.2) is 0 Å². The third-order valence-electron chi connectivity index (χ3n) is 6.87. The van der Waals surface area contributed by atoms with Gasteiger partial charge in [0.2, 0.25) is 6.41 Å². The molecular formula is C28H36N8O. The smallest absolute Gasteiger partial charge is 0.206 e. The summed E-state index contributed by atoms with van der Waals surface area (Å²) in [6, 6.07) is 14.5. The molecule has 0 saturated carbocycles. The summed E-state index contributed by atoms with van der Waals surface area (Å²) in [5, 5.41) is 6.66. The van der Waals surface area contributed by atoms with Crippen LogP contribution in [0, 0.1) is 0 Å². The number of pyridine rings is 1. The van der Waals surface area contributed by atoms with Crippen molar-refractivity contribution in [3.63, 3.8) is 0 Å². The molecule has 1 amide bonds. The van der Waals surface area contributed by atoms with Gasteiger partial charge < -0.3 is 25.1 Å². The number of carbonyl (C=O) groups excluding carboxylic acids is 1. The highest BCUT2D eigenvalue weighted by Gasteiger charge is 2.28. The van der Waals surface area contributed by atoms with Gasteiger partial charge >= 0.3 is 0 Å². The highest BCUT2D eigenvalue weighted by molar-refractivity contribution is 6.04. The van der Waals surface area contributed by atoms with E-state index in [-0.39, 0.29) is 0 Å². The van der Waals surface area contributed by atoms with Crippen molar-refractivity contribution in [2.45, 2.75) is 18.8 Å². The van der Waals surface area contributed by atoms with Gasteiger partial charge in [-0.1, -0.05) is 24.3 Å². The van der Waals surface area contributed by atoms with E-state index in [0.717, 1.165) is 76.8 Å². The summed E-state index contributed by atoms with van der Waals surface area (Å²) < 4.78 is 2.23.